The number of amides is 1. The van der Waals surface area contributed by atoms with Crippen molar-refractivity contribution in [2.45, 2.75) is 36.8 Å². The third-order valence-corrected chi connectivity index (χ3v) is 7.28. The zero-order chi connectivity index (χ0) is 26.3. The second kappa shape index (κ2) is 12.1. The predicted molar refractivity (Wildman–Crippen MR) is 146 cm³/mol. The number of aromatic nitrogens is 3. The first-order chi connectivity index (χ1) is 18.6. The Morgan fingerprint density at radius 3 is 2.55 bits per heavy atom. The van der Waals surface area contributed by atoms with E-state index in [9.17, 15) is 4.79 Å². The summed E-state index contributed by atoms with van der Waals surface area (Å²) in [6.45, 7) is 3.33. The van der Waals surface area contributed by atoms with Gasteiger partial charge in [0.05, 0.1) is 12.6 Å². The molecular weight excluding hydrogens is 500 g/mol. The monoisotopic (exact) mass is 530 g/mol. The number of benzene rings is 3. The summed E-state index contributed by atoms with van der Waals surface area (Å²) in [5, 5.41) is 12.8. The molecule has 9 heteroatoms. The van der Waals surface area contributed by atoms with E-state index in [4.69, 9.17) is 14.2 Å². The third-order valence-electron chi connectivity index (χ3n) is 6.26. The number of rotatable bonds is 11. The highest BCUT2D eigenvalue weighted by molar-refractivity contribution is 7.98. The van der Waals surface area contributed by atoms with Crippen molar-refractivity contribution in [3.8, 4) is 11.5 Å². The fourth-order valence-electron chi connectivity index (χ4n) is 4.30. The molecule has 196 valence electrons. The Hall–Kier alpha value is -3.82. The zero-order valence-electron chi connectivity index (χ0n) is 21.4. The number of thioether (sulfide) groups is 1. The maximum absolute atomic E-state index is 12.7. The SMILES string of the molecule is COCC(C)n1c(Cc2ccccc2)nnc1SCc1ccc(C(=O)NCc2ccc3c(c2)OCO3)cc1. The highest BCUT2D eigenvalue weighted by Gasteiger charge is 2.19. The van der Waals surface area contributed by atoms with Crippen LogP contribution in [0.5, 0.6) is 11.5 Å². The maximum Gasteiger partial charge on any atom is 0.251 e. The van der Waals surface area contributed by atoms with Gasteiger partial charge in [-0.1, -0.05) is 60.3 Å². The van der Waals surface area contributed by atoms with Crippen molar-refractivity contribution in [1.82, 2.24) is 20.1 Å². The molecule has 0 fully saturated rings. The highest BCUT2D eigenvalue weighted by Crippen LogP contribution is 2.32. The van der Waals surface area contributed by atoms with E-state index in [1.807, 2.05) is 60.7 Å². The number of carbonyl (C=O) groups is 1. The van der Waals surface area contributed by atoms with Crippen LogP contribution in [0.1, 0.15) is 45.8 Å². The van der Waals surface area contributed by atoms with Crippen molar-refractivity contribution in [3.05, 3.63) is 101 Å². The van der Waals surface area contributed by atoms with E-state index in [0.717, 1.165) is 27.9 Å². The van der Waals surface area contributed by atoms with Crippen molar-refractivity contribution < 1.29 is 19.0 Å². The van der Waals surface area contributed by atoms with Gasteiger partial charge in [-0.2, -0.15) is 0 Å². The van der Waals surface area contributed by atoms with Gasteiger partial charge in [0.15, 0.2) is 16.7 Å². The van der Waals surface area contributed by atoms with Gasteiger partial charge in [-0.25, -0.2) is 0 Å². The fraction of sp³-hybridized carbons (Fsp3) is 0.276. The summed E-state index contributed by atoms with van der Waals surface area (Å²) in [5.74, 6) is 2.94. The second-order valence-corrected chi connectivity index (χ2v) is 10.0. The lowest BCUT2D eigenvalue weighted by Crippen LogP contribution is -2.22. The van der Waals surface area contributed by atoms with Gasteiger partial charge in [-0.05, 0) is 47.9 Å². The van der Waals surface area contributed by atoms with Gasteiger partial charge in [0, 0.05) is 31.4 Å². The van der Waals surface area contributed by atoms with Gasteiger partial charge in [-0.3, -0.25) is 4.79 Å². The first kappa shape index (κ1) is 25.8. The lowest BCUT2D eigenvalue weighted by atomic mass is 10.1. The minimum atomic E-state index is -0.124. The van der Waals surface area contributed by atoms with E-state index in [1.54, 1.807) is 18.9 Å². The van der Waals surface area contributed by atoms with Crippen LogP contribution in [0.25, 0.3) is 0 Å². The van der Waals surface area contributed by atoms with E-state index < -0.39 is 0 Å². The molecule has 2 heterocycles. The number of hydrogen-bond acceptors (Lipinski definition) is 7. The standard InChI is InChI=1S/C29H30N4O4S/c1-20(17-35-2)33-27(15-21-6-4-3-5-7-21)31-32-29(33)38-18-22-8-11-24(12-9-22)28(34)30-16-23-10-13-25-26(14-23)37-19-36-25/h3-14,20H,15-19H2,1-2H3,(H,30,34). The Labute approximate surface area is 226 Å². The average Bonchev–Trinajstić information content (AvgIpc) is 3.58. The average molecular weight is 531 g/mol. The summed E-state index contributed by atoms with van der Waals surface area (Å²) in [7, 11) is 1.71. The smallest absolute Gasteiger partial charge is 0.251 e. The molecule has 5 rings (SSSR count). The normalized spacial score (nSPS) is 12.9. The molecule has 1 aromatic heterocycles. The number of carbonyl (C=O) groups excluding carboxylic acids is 1. The molecule has 1 unspecified atom stereocenters. The van der Waals surface area contributed by atoms with Crippen molar-refractivity contribution in [2.75, 3.05) is 20.5 Å². The van der Waals surface area contributed by atoms with Gasteiger partial charge in [0.25, 0.3) is 5.91 Å². The molecular formula is C29H30N4O4S. The Balaban J connectivity index is 1.20. The third kappa shape index (κ3) is 6.17. The van der Waals surface area contributed by atoms with Crippen LogP contribution in [-0.4, -0.2) is 41.2 Å². The molecule has 3 aromatic carbocycles. The number of hydrogen-bond donors (Lipinski definition) is 1. The highest BCUT2D eigenvalue weighted by atomic mass is 32.2. The molecule has 1 amide bonds. The van der Waals surface area contributed by atoms with E-state index in [2.05, 4.69) is 39.1 Å². The predicted octanol–water partition coefficient (Wildman–Crippen LogP) is 5.03. The number of ether oxygens (including phenoxy) is 3. The molecule has 0 radical (unpaired) electrons. The summed E-state index contributed by atoms with van der Waals surface area (Å²) in [4.78, 5) is 12.7. The van der Waals surface area contributed by atoms with Crippen molar-refractivity contribution >= 4 is 17.7 Å². The van der Waals surface area contributed by atoms with Gasteiger partial charge in [0.1, 0.15) is 5.82 Å². The number of methoxy groups -OCH3 is 1. The van der Waals surface area contributed by atoms with Gasteiger partial charge >= 0.3 is 0 Å². The molecule has 0 bridgehead atoms. The zero-order valence-corrected chi connectivity index (χ0v) is 22.2. The Bertz CT molecular complexity index is 1380. The maximum atomic E-state index is 12.7. The quantitative estimate of drug-likeness (QED) is 0.272. The number of nitrogens with one attached hydrogen (secondary N) is 1. The Kier molecular flexibility index (Phi) is 8.25. The van der Waals surface area contributed by atoms with Crippen LogP contribution in [0.15, 0.2) is 78.0 Å². The summed E-state index contributed by atoms with van der Waals surface area (Å²) < 4.78 is 18.3. The molecule has 0 spiro atoms. The van der Waals surface area contributed by atoms with Crippen molar-refractivity contribution in [2.24, 2.45) is 0 Å². The molecule has 1 aliphatic rings. The van der Waals surface area contributed by atoms with Crippen LogP contribution < -0.4 is 14.8 Å². The van der Waals surface area contributed by atoms with Crippen LogP contribution in [0, 0.1) is 0 Å². The molecule has 0 saturated carbocycles. The van der Waals surface area contributed by atoms with E-state index in [-0.39, 0.29) is 18.7 Å². The number of fused-ring (bicyclic) bond motifs is 1. The van der Waals surface area contributed by atoms with Crippen LogP contribution >= 0.6 is 11.8 Å². The van der Waals surface area contributed by atoms with Crippen LogP contribution in [0.4, 0.5) is 0 Å². The Morgan fingerprint density at radius 1 is 1.00 bits per heavy atom. The molecule has 8 nitrogen and oxygen atoms in total. The van der Waals surface area contributed by atoms with Crippen LogP contribution in [0.2, 0.25) is 0 Å². The van der Waals surface area contributed by atoms with Crippen molar-refractivity contribution in [3.63, 3.8) is 0 Å². The molecule has 0 aliphatic carbocycles. The Morgan fingerprint density at radius 2 is 1.76 bits per heavy atom. The van der Waals surface area contributed by atoms with Gasteiger partial charge < -0.3 is 24.1 Å². The first-order valence-electron chi connectivity index (χ1n) is 12.5. The van der Waals surface area contributed by atoms with Gasteiger partial charge in [0.2, 0.25) is 6.79 Å². The van der Waals surface area contributed by atoms with E-state index >= 15 is 0 Å². The summed E-state index contributed by atoms with van der Waals surface area (Å²) in [6, 6.07) is 23.7. The number of nitrogens with zero attached hydrogens (tertiary/aromatic N) is 3. The minimum Gasteiger partial charge on any atom is -0.454 e. The van der Waals surface area contributed by atoms with Crippen LogP contribution in [0.3, 0.4) is 0 Å². The minimum absolute atomic E-state index is 0.104. The fourth-order valence-corrected chi connectivity index (χ4v) is 5.31. The van der Waals surface area contributed by atoms with E-state index in [1.165, 1.54) is 5.56 Å². The second-order valence-electron chi connectivity index (χ2n) is 9.09. The first-order valence-corrected chi connectivity index (χ1v) is 13.4. The van der Waals surface area contributed by atoms with Crippen molar-refractivity contribution in [1.29, 1.82) is 0 Å². The molecule has 1 atom stereocenters. The lowest BCUT2D eigenvalue weighted by molar-refractivity contribution is 0.0951. The molecule has 4 aromatic rings. The molecule has 38 heavy (non-hydrogen) atoms. The summed E-state index contributed by atoms with van der Waals surface area (Å²) in [5.41, 5.74) is 3.85. The summed E-state index contributed by atoms with van der Waals surface area (Å²) >= 11 is 1.63. The van der Waals surface area contributed by atoms with E-state index in [0.29, 0.717) is 36.6 Å². The molecule has 0 saturated heterocycles. The topological polar surface area (TPSA) is 87.5 Å². The van der Waals surface area contributed by atoms with Gasteiger partial charge in [-0.15, -0.1) is 10.2 Å². The summed E-state index contributed by atoms with van der Waals surface area (Å²) in [6.07, 6.45) is 0.707. The largest absolute Gasteiger partial charge is 0.454 e. The lowest BCUT2D eigenvalue weighted by Gasteiger charge is -2.17. The molecule has 1 N–H and O–H groups in total. The van der Waals surface area contributed by atoms with Crippen LogP contribution in [-0.2, 0) is 23.5 Å². The molecule has 1 aliphatic heterocycles.